The van der Waals surface area contributed by atoms with E-state index in [9.17, 15) is 4.79 Å². The molecule has 0 unspecified atom stereocenters. The molecule has 0 saturated carbocycles. The summed E-state index contributed by atoms with van der Waals surface area (Å²) in [5.41, 5.74) is 1.39. The summed E-state index contributed by atoms with van der Waals surface area (Å²) >= 11 is 11.1. The van der Waals surface area contributed by atoms with Gasteiger partial charge in [-0.25, -0.2) is 0 Å². The summed E-state index contributed by atoms with van der Waals surface area (Å²) in [5.74, 6) is 1.05. The van der Waals surface area contributed by atoms with Gasteiger partial charge in [0.15, 0.2) is 0 Å². The second-order valence-corrected chi connectivity index (χ2v) is 7.34. The molecule has 1 aliphatic heterocycles. The Kier molecular flexibility index (Phi) is 5.52. The number of nitrogens with one attached hydrogen (secondary N) is 1. The molecular formula is C19H18ClN5O2S. The minimum atomic E-state index is -0.0377. The third-order valence-corrected chi connectivity index (χ3v) is 5.23. The second kappa shape index (κ2) is 8.22. The fraction of sp³-hybridized carbons (Fsp3) is 0.263. The highest BCUT2D eigenvalue weighted by molar-refractivity contribution is 7.71. The van der Waals surface area contributed by atoms with E-state index in [0.717, 1.165) is 18.7 Å². The number of aromatic nitrogens is 3. The monoisotopic (exact) mass is 415 g/mol. The number of benzene rings is 1. The molecule has 9 heteroatoms. The van der Waals surface area contributed by atoms with Crippen molar-refractivity contribution >= 4 is 29.7 Å². The van der Waals surface area contributed by atoms with E-state index >= 15 is 0 Å². The van der Waals surface area contributed by atoms with Gasteiger partial charge in [0.05, 0.1) is 12.1 Å². The molecule has 1 saturated heterocycles. The van der Waals surface area contributed by atoms with Gasteiger partial charge in [-0.2, -0.15) is 4.98 Å². The van der Waals surface area contributed by atoms with Crippen LogP contribution in [0.1, 0.15) is 16.2 Å². The Morgan fingerprint density at radius 2 is 1.93 bits per heavy atom. The summed E-state index contributed by atoms with van der Waals surface area (Å²) in [7, 11) is 0. The average molecular weight is 416 g/mol. The van der Waals surface area contributed by atoms with Gasteiger partial charge in [-0.05, 0) is 36.4 Å². The Balaban J connectivity index is 1.35. The number of pyridine rings is 1. The van der Waals surface area contributed by atoms with Crippen molar-refractivity contribution in [3.63, 3.8) is 0 Å². The average Bonchev–Trinajstić information content (AvgIpc) is 3.17. The molecular weight excluding hydrogens is 398 g/mol. The van der Waals surface area contributed by atoms with Crippen molar-refractivity contribution in [2.24, 2.45) is 0 Å². The highest BCUT2D eigenvalue weighted by atomic mass is 35.5. The number of nitrogens with zero attached hydrogens (tertiary/aromatic N) is 4. The van der Waals surface area contributed by atoms with Crippen LogP contribution in [0.25, 0.3) is 11.4 Å². The van der Waals surface area contributed by atoms with Crippen molar-refractivity contribution in [1.82, 2.24) is 24.9 Å². The first kappa shape index (κ1) is 18.8. The topological polar surface area (TPSA) is 78.3 Å². The van der Waals surface area contributed by atoms with Crippen LogP contribution in [0.2, 0.25) is 5.02 Å². The number of aromatic amines is 1. The van der Waals surface area contributed by atoms with Gasteiger partial charge in [-0.15, -0.1) is 0 Å². The van der Waals surface area contributed by atoms with Crippen molar-refractivity contribution < 1.29 is 9.32 Å². The number of halogens is 1. The van der Waals surface area contributed by atoms with Gasteiger partial charge in [-0.3, -0.25) is 9.69 Å². The molecule has 0 spiro atoms. The molecule has 4 rings (SSSR count). The summed E-state index contributed by atoms with van der Waals surface area (Å²) in [6, 6.07) is 10.8. The lowest BCUT2D eigenvalue weighted by atomic mass is 10.2. The Morgan fingerprint density at radius 1 is 1.18 bits per heavy atom. The molecule has 1 amide bonds. The van der Waals surface area contributed by atoms with Crippen LogP contribution in [0.4, 0.5) is 0 Å². The summed E-state index contributed by atoms with van der Waals surface area (Å²) in [6.45, 7) is 3.26. The smallest absolute Gasteiger partial charge is 0.256 e. The van der Waals surface area contributed by atoms with Crippen LogP contribution in [0.5, 0.6) is 0 Å². The van der Waals surface area contributed by atoms with E-state index in [0.29, 0.717) is 46.6 Å². The van der Waals surface area contributed by atoms with Gasteiger partial charge < -0.3 is 14.4 Å². The zero-order chi connectivity index (χ0) is 19.5. The van der Waals surface area contributed by atoms with Crippen molar-refractivity contribution in [1.29, 1.82) is 0 Å². The van der Waals surface area contributed by atoms with E-state index in [1.54, 1.807) is 30.5 Å². The van der Waals surface area contributed by atoms with E-state index in [4.69, 9.17) is 28.3 Å². The molecule has 1 fully saturated rings. The molecule has 28 heavy (non-hydrogen) atoms. The lowest BCUT2D eigenvalue weighted by Gasteiger charge is -2.33. The van der Waals surface area contributed by atoms with E-state index < -0.39 is 0 Å². The Labute approximate surface area is 171 Å². The van der Waals surface area contributed by atoms with Crippen molar-refractivity contribution in [3.05, 3.63) is 63.7 Å². The molecule has 1 aliphatic rings. The van der Waals surface area contributed by atoms with E-state index in [-0.39, 0.29) is 5.91 Å². The quantitative estimate of drug-likeness (QED) is 0.658. The number of piperazine rings is 1. The molecule has 0 bridgehead atoms. The number of amides is 1. The van der Waals surface area contributed by atoms with E-state index in [2.05, 4.69) is 20.0 Å². The Hall–Kier alpha value is -2.55. The maximum atomic E-state index is 12.6. The van der Waals surface area contributed by atoms with E-state index in [1.165, 1.54) is 0 Å². The normalized spacial score (nSPS) is 15.0. The lowest BCUT2D eigenvalue weighted by Crippen LogP contribution is -2.48. The zero-order valence-corrected chi connectivity index (χ0v) is 16.5. The van der Waals surface area contributed by atoms with Crippen LogP contribution in [-0.2, 0) is 6.54 Å². The first-order chi connectivity index (χ1) is 13.6. The van der Waals surface area contributed by atoms with E-state index in [1.807, 2.05) is 17.0 Å². The summed E-state index contributed by atoms with van der Waals surface area (Å²) < 4.78 is 5.85. The first-order valence-electron chi connectivity index (χ1n) is 8.88. The number of H-pyrrole nitrogens is 1. The Bertz CT molecular complexity index is 1030. The minimum absolute atomic E-state index is 0.0377. The first-order valence-corrected chi connectivity index (χ1v) is 9.66. The van der Waals surface area contributed by atoms with Crippen LogP contribution < -0.4 is 0 Å². The largest absolute Gasteiger partial charge is 0.352 e. The summed E-state index contributed by atoms with van der Waals surface area (Å²) in [4.78, 5) is 24.0. The molecule has 2 aromatic heterocycles. The highest BCUT2D eigenvalue weighted by Crippen LogP contribution is 2.19. The van der Waals surface area contributed by atoms with Crippen molar-refractivity contribution in [2.75, 3.05) is 26.2 Å². The number of carbonyl (C=O) groups excluding carboxylic acids is 1. The zero-order valence-electron chi connectivity index (χ0n) is 15.0. The number of hydrogen-bond donors (Lipinski definition) is 1. The van der Waals surface area contributed by atoms with Gasteiger partial charge >= 0.3 is 0 Å². The molecule has 1 N–H and O–H groups in total. The molecule has 3 heterocycles. The molecule has 3 aromatic rings. The predicted molar refractivity (Wildman–Crippen MR) is 108 cm³/mol. The van der Waals surface area contributed by atoms with Gasteiger partial charge in [-0.1, -0.05) is 29.0 Å². The fourth-order valence-corrected chi connectivity index (χ4v) is 3.45. The van der Waals surface area contributed by atoms with Gasteiger partial charge in [0.25, 0.3) is 5.91 Å². The minimum Gasteiger partial charge on any atom is -0.352 e. The predicted octanol–water partition coefficient (Wildman–Crippen LogP) is 3.41. The number of hydrogen-bond acceptors (Lipinski definition) is 6. The molecule has 7 nitrogen and oxygen atoms in total. The standard InChI is InChI=1S/C19H18ClN5O2S/c20-14-5-3-13(4-6-14)17-22-16(27-23-17)12-24-8-10-25(11-9-24)19(26)15-2-1-7-21-18(15)28/h1-7H,8-12H2,(H,21,28). The third-order valence-electron chi connectivity index (χ3n) is 4.64. The summed E-state index contributed by atoms with van der Waals surface area (Å²) in [5, 5.41) is 4.70. The number of carbonyl (C=O) groups is 1. The number of rotatable bonds is 4. The van der Waals surface area contributed by atoms with Gasteiger partial charge in [0.2, 0.25) is 11.7 Å². The molecule has 0 atom stereocenters. The van der Waals surface area contributed by atoms with Crippen LogP contribution in [0.3, 0.4) is 0 Å². The molecule has 0 radical (unpaired) electrons. The molecule has 0 aliphatic carbocycles. The maximum Gasteiger partial charge on any atom is 0.256 e. The maximum absolute atomic E-state index is 12.6. The van der Waals surface area contributed by atoms with Crippen LogP contribution in [0.15, 0.2) is 47.1 Å². The third kappa shape index (κ3) is 4.14. The Morgan fingerprint density at radius 3 is 2.64 bits per heavy atom. The van der Waals surface area contributed by atoms with Gasteiger partial charge in [0.1, 0.15) is 4.64 Å². The lowest BCUT2D eigenvalue weighted by molar-refractivity contribution is 0.0614. The molecule has 1 aromatic carbocycles. The van der Waals surface area contributed by atoms with Crippen LogP contribution in [0, 0.1) is 4.64 Å². The van der Waals surface area contributed by atoms with Crippen molar-refractivity contribution in [2.45, 2.75) is 6.54 Å². The summed E-state index contributed by atoms with van der Waals surface area (Å²) in [6.07, 6.45) is 1.72. The van der Waals surface area contributed by atoms with Crippen molar-refractivity contribution in [3.8, 4) is 11.4 Å². The fourth-order valence-electron chi connectivity index (χ4n) is 3.10. The van der Waals surface area contributed by atoms with Crippen LogP contribution >= 0.6 is 23.8 Å². The highest BCUT2D eigenvalue weighted by Gasteiger charge is 2.24. The van der Waals surface area contributed by atoms with Crippen LogP contribution in [-0.4, -0.2) is 57.0 Å². The SMILES string of the molecule is O=C(c1ccc[nH]c1=S)N1CCN(Cc2nc(-c3ccc(Cl)cc3)no2)CC1. The second-order valence-electron chi connectivity index (χ2n) is 6.50. The molecule has 144 valence electrons. The van der Waals surface area contributed by atoms with Gasteiger partial charge in [0, 0.05) is 43.0 Å².